The average molecular weight is 198 g/mol. The minimum Gasteiger partial charge on any atom is -0.333 e. The molecule has 0 saturated heterocycles. The van der Waals surface area contributed by atoms with Crippen molar-refractivity contribution in [2.75, 3.05) is 21.3 Å². The van der Waals surface area contributed by atoms with Crippen molar-refractivity contribution < 1.29 is 25.3 Å². The van der Waals surface area contributed by atoms with Gasteiger partial charge in [0.2, 0.25) is 0 Å². The molecule has 69 valence electrons. The monoisotopic (exact) mass is 198 g/mol. The maximum Gasteiger partial charge on any atom is -0.0195 e. The SMILES string of the molecule is CCC[CH2][Ti]([O]C)[O]C.CN. The Morgan fingerprint density at radius 3 is 1.91 bits per heavy atom. The summed E-state index contributed by atoms with van der Waals surface area (Å²) in [7, 11) is 4.99. The molecule has 0 spiro atoms. The van der Waals surface area contributed by atoms with Crippen molar-refractivity contribution in [1.29, 1.82) is 0 Å². The summed E-state index contributed by atoms with van der Waals surface area (Å²) in [5, 5.41) is 0. The van der Waals surface area contributed by atoms with E-state index >= 15 is 0 Å². The van der Waals surface area contributed by atoms with Crippen molar-refractivity contribution >= 4 is 0 Å². The summed E-state index contributed by atoms with van der Waals surface area (Å²) in [4.78, 5) is 0. The molecular formula is C7H20NO2Ti. The fourth-order valence-electron chi connectivity index (χ4n) is 0.609. The van der Waals surface area contributed by atoms with Crippen LogP contribution >= 0.6 is 0 Å². The molecule has 0 rings (SSSR count). The van der Waals surface area contributed by atoms with E-state index in [1.54, 1.807) is 14.2 Å². The Morgan fingerprint density at radius 2 is 1.64 bits per heavy atom. The first-order valence-corrected chi connectivity index (χ1v) is 6.24. The molecule has 4 heteroatoms. The van der Waals surface area contributed by atoms with E-state index < -0.39 is 18.6 Å². The molecule has 11 heavy (non-hydrogen) atoms. The maximum absolute atomic E-state index is 5.15. The number of unbranched alkanes of at least 4 members (excludes halogenated alkanes) is 1. The van der Waals surface area contributed by atoms with Crippen molar-refractivity contribution in [2.24, 2.45) is 5.73 Å². The third kappa shape index (κ3) is 10.6. The minimum atomic E-state index is -1.45. The van der Waals surface area contributed by atoms with Gasteiger partial charge in [0.15, 0.2) is 0 Å². The van der Waals surface area contributed by atoms with Gasteiger partial charge in [-0.25, -0.2) is 0 Å². The molecule has 0 saturated carbocycles. The summed E-state index contributed by atoms with van der Waals surface area (Å²) in [6.07, 6.45) is 2.49. The molecule has 3 nitrogen and oxygen atoms in total. The van der Waals surface area contributed by atoms with E-state index in [9.17, 15) is 0 Å². The van der Waals surface area contributed by atoms with Crippen LogP contribution in [0.4, 0.5) is 0 Å². The molecule has 0 radical (unpaired) electrons. The summed E-state index contributed by atoms with van der Waals surface area (Å²) >= 11 is -1.45. The van der Waals surface area contributed by atoms with E-state index in [4.69, 9.17) is 6.64 Å². The van der Waals surface area contributed by atoms with E-state index in [-0.39, 0.29) is 0 Å². The largest absolute Gasteiger partial charge is 0.333 e. The van der Waals surface area contributed by atoms with Crippen LogP contribution in [0.3, 0.4) is 0 Å². The molecular weight excluding hydrogens is 178 g/mol. The van der Waals surface area contributed by atoms with Gasteiger partial charge in [0, 0.05) is 0 Å². The van der Waals surface area contributed by atoms with E-state index in [2.05, 4.69) is 12.7 Å². The van der Waals surface area contributed by atoms with Crippen LogP contribution in [0.15, 0.2) is 0 Å². The topological polar surface area (TPSA) is 44.5 Å². The number of hydrogen-bond donors (Lipinski definition) is 1. The van der Waals surface area contributed by atoms with Gasteiger partial charge in [-0.2, -0.15) is 0 Å². The normalized spacial score (nSPS) is 8.45. The van der Waals surface area contributed by atoms with Crippen LogP contribution in [0.2, 0.25) is 4.73 Å². The van der Waals surface area contributed by atoms with Gasteiger partial charge in [-0.15, -0.1) is 0 Å². The zero-order valence-electron chi connectivity index (χ0n) is 8.02. The summed E-state index contributed by atoms with van der Waals surface area (Å²) < 4.78 is 11.5. The first-order valence-electron chi connectivity index (χ1n) is 3.86. The van der Waals surface area contributed by atoms with Gasteiger partial charge >= 0.3 is 64.0 Å². The number of rotatable bonds is 5. The molecule has 0 unspecified atom stereocenters. The molecule has 0 aliphatic heterocycles. The van der Waals surface area contributed by atoms with Gasteiger partial charge in [0.1, 0.15) is 0 Å². The third-order valence-electron chi connectivity index (χ3n) is 1.19. The van der Waals surface area contributed by atoms with Gasteiger partial charge in [-0.05, 0) is 7.05 Å². The Labute approximate surface area is 77.0 Å². The Kier molecular flexibility index (Phi) is 17.0. The molecule has 0 amide bonds. The van der Waals surface area contributed by atoms with Gasteiger partial charge < -0.3 is 5.73 Å². The summed E-state index contributed by atoms with van der Waals surface area (Å²) in [6, 6.07) is 0. The van der Waals surface area contributed by atoms with Gasteiger partial charge in [-0.3, -0.25) is 0 Å². The number of hydrogen-bond acceptors (Lipinski definition) is 3. The minimum absolute atomic E-state index is 1.17. The standard InChI is InChI=1S/C4H9.CH5N.2CH3O.Ti/c1-3-4-2;3*1-2;/h1,3-4H2,2H3;2H2,1H3;2*1H3;/q;;2*-1;+2. The second-order valence-corrected chi connectivity index (χ2v) is 5.10. The molecule has 0 aromatic rings. The second-order valence-electron chi connectivity index (χ2n) is 1.88. The van der Waals surface area contributed by atoms with E-state index in [1.165, 1.54) is 24.6 Å². The van der Waals surface area contributed by atoms with Crippen molar-refractivity contribution in [3.05, 3.63) is 0 Å². The molecule has 0 atom stereocenters. The molecule has 0 aromatic carbocycles. The molecule has 0 heterocycles. The zero-order valence-corrected chi connectivity index (χ0v) is 9.58. The molecule has 2 N–H and O–H groups in total. The maximum atomic E-state index is 5.15. The van der Waals surface area contributed by atoms with Crippen molar-refractivity contribution in [3.8, 4) is 0 Å². The van der Waals surface area contributed by atoms with Crippen LogP contribution in [0.1, 0.15) is 19.8 Å². The Hall–Kier alpha value is 0.594. The first-order chi connectivity index (χ1) is 5.35. The molecule has 0 bridgehead atoms. The third-order valence-corrected chi connectivity index (χ3v) is 3.80. The summed E-state index contributed by atoms with van der Waals surface area (Å²) in [5.41, 5.74) is 4.50. The summed E-state index contributed by atoms with van der Waals surface area (Å²) in [5.74, 6) is 0. The first kappa shape index (κ1) is 14.1. The smallest absolute Gasteiger partial charge is 0.0195 e. The Morgan fingerprint density at radius 1 is 1.18 bits per heavy atom. The quantitative estimate of drug-likeness (QED) is 0.681. The van der Waals surface area contributed by atoms with Crippen LogP contribution in [-0.2, 0) is 25.3 Å². The van der Waals surface area contributed by atoms with Gasteiger partial charge in [-0.1, -0.05) is 0 Å². The Bertz CT molecular complexity index is 60.4. The predicted molar refractivity (Wildman–Crippen MR) is 43.8 cm³/mol. The molecule has 0 aromatic heterocycles. The Balaban J connectivity index is 0. The van der Waals surface area contributed by atoms with Crippen molar-refractivity contribution in [3.63, 3.8) is 0 Å². The molecule has 0 aliphatic carbocycles. The van der Waals surface area contributed by atoms with Crippen LogP contribution in [0.25, 0.3) is 0 Å². The van der Waals surface area contributed by atoms with E-state index in [0.29, 0.717) is 0 Å². The van der Waals surface area contributed by atoms with Crippen molar-refractivity contribution in [2.45, 2.75) is 24.5 Å². The van der Waals surface area contributed by atoms with E-state index in [0.717, 1.165) is 0 Å². The van der Waals surface area contributed by atoms with Crippen molar-refractivity contribution in [1.82, 2.24) is 0 Å². The van der Waals surface area contributed by atoms with Gasteiger partial charge in [0.25, 0.3) is 0 Å². The van der Waals surface area contributed by atoms with E-state index in [1.807, 2.05) is 0 Å². The molecule has 0 aliphatic rings. The second kappa shape index (κ2) is 13.2. The molecule has 0 fully saturated rings. The number of nitrogens with two attached hydrogens (primary N) is 1. The van der Waals surface area contributed by atoms with Crippen LogP contribution in [-0.4, -0.2) is 21.3 Å². The summed E-state index contributed by atoms with van der Waals surface area (Å²) in [6.45, 7) is 2.18. The van der Waals surface area contributed by atoms with Gasteiger partial charge in [0.05, 0.1) is 0 Å². The van der Waals surface area contributed by atoms with Crippen LogP contribution in [0, 0.1) is 0 Å². The predicted octanol–water partition coefficient (Wildman–Crippen LogP) is 1.52. The average Bonchev–Trinajstić information content (AvgIpc) is 2.10. The fourth-order valence-corrected chi connectivity index (χ4v) is 2.51. The van der Waals surface area contributed by atoms with Crippen LogP contribution < -0.4 is 5.73 Å². The van der Waals surface area contributed by atoms with Crippen LogP contribution in [0.5, 0.6) is 0 Å². The fraction of sp³-hybridized carbons (Fsp3) is 1.00. The zero-order chi connectivity index (χ0) is 9.11.